The van der Waals surface area contributed by atoms with Gasteiger partial charge in [0.15, 0.2) is 11.5 Å². The maximum Gasteiger partial charge on any atom is 0.347 e. The van der Waals surface area contributed by atoms with Gasteiger partial charge in [-0.1, -0.05) is 65.7 Å². The first-order chi connectivity index (χ1) is 20.4. The molecule has 8 nitrogen and oxygen atoms in total. The molecular formula is C32H25Cl2N3O5. The van der Waals surface area contributed by atoms with E-state index in [4.69, 9.17) is 37.4 Å². The van der Waals surface area contributed by atoms with Crippen molar-refractivity contribution in [2.75, 3.05) is 13.7 Å². The van der Waals surface area contributed by atoms with Gasteiger partial charge >= 0.3 is 5.97 Å². The van der Waals surface area contributed by atoms with Gasteiger partial charge in [0, 0.05) is 16.0 Å². The number of methoxy groups -OCH3 is 1. The minimum Gasteiger partial charge on any atom is -0.496 e. The van der Waals surface area contributed by atoms with E-state index in [2.05, 4.69) is 15.5 Å². The number of esters is 1. The Morgan fingerprint density at radius 1 is 0.929 bits per heavy atom. The minimum absolute atomic E-state index is 0.175. The molecular weight excluding hydrogens is 577 g/mol. The Hall–Kier alpha value is -4.79. The number of carbonyl (C=O) groups excluding carboxylic acids is 2. The maximum absolute atomic E-state index is 13.3. The summed E-state index contributed by atoms with van der Waals surface area (Å²) in [6.07, 6.45) is 1.46. The lowest BCUT2D eigenvalue weighted by atomic mass is 10.0. The van der Waals surface area contributed by atoms with Crippen LogP contribution in [0.1, 0.15) is 33.3 Å². The third kappa shape index (κ3) is 6.10. The third-order valence-corrected chi connectivity index (χ3v) is 6.85. The number of rotatable bonds is 9. The number of aromatic nitrogens is 1. The zero-order valence-corrected chi connectivity index (χ0v) is 24.1. The number of carbonyl (C=O) groups is 2. The standard InChI is InChI=1S/C32H25Cl2N3O5/c1-3-41-27-16-19(12-14-26(27)42-32(39)23-17-21(33)13-15-25(23)40-2)18-35-37-31(38)30-28(20-8-5-4-6-9-20)22-10-7-11-24(34)29(22)36-30/h4-18,36H,3H2,1-2H3,(H,37,38). The van der Waals surface area contributed by atoms with Gasteiger partial charge in [-0.25, -0.2) is 10.2 Å². The average Bonchev–Trinajstić information content (AvgIpc) is 3.40. The van der Waals surface area contributed by atoms with E-state index in [0.29, 0.717) is 44.9 Å². The van der Waals surface area contributed by atoms with Crippen LogP contribution in [0.2, 0.25) is 10.0 Å². The van der Waals surface area contributed by atoms with Gasteiger partial charge in [0.05, 0.1) is 30.5 Å². The fraction of sp³-hybridized carbons (Fsp3) is 0.0938. The zero-order chi connectivity index (χ0) is 29.6. The van der Waals surface area contributed by atoms with Crippen molar-refractivity contribution in [2.24, 2.45) is 5.10 Å². The molecule has 0 bridgehead atoms. The third-order valence-electron chi connectivity index (χ3n) is 6.30. The van der Waals surface area contributed by atoms with E-state index in [-0.39, 0.29) is 11.3 Å². The van der Waals surface area contributed by atoms with Gasteiger partial charge in [-0.2, -0.15) is 5.10 Å². The lowest BCUT2D eigenvalue weighted by molar-refractivity contribution is 0.0724. The SMILES string of the molecule is CCOc1cc(C=NNC(=O)c2[nH]c3c(Cl)cccc3c2-c2ccccc2)ccc1OC(=O)c1cc(Cl)ccc1OC. The topological polar surface area (TPSA) is 102 Å². The van der Waals surface area contributed by atoms with E-state index in [9.17, 15) is 9.59 Å². The van der Waals surface area contributed by atoms with E-state index >= 15 is 0 Å². The molecule has 0 saturated heterocycles. The summed E-state index contributed by atoms with van der Waals surface area (Å²) in [7, 11) is 1.45. The molecule has 1 aromatic heterocycles. The molecule has 42 heavy (non-hydrogen) atoms. The largest absolute Gasteiger partial charge is 0.496 e. The summed E-state index contributed by atoms with van der Waals surface area (Å²) in [6.45, 7) is 2.14. The van der Waals surface area contributed by atoms with Crippen molar-refractivity contribution < 1.29 is 23.8 Å². The number of halogens is 2. The van der Waals surface area contributed by atoms with Gasteiger partial charge < -0.3 is 19.2 Å². The summed E-state index contributed by atoms with van der Waals surface area (Å²) in [5.74, 6) is -0.249. The van der Waals surface area contributed by atoms with Gasteiger partial charge in [0.25, 0.3) is 5.91 Å². The maximum atomic E-state index is 13.3. The highest BCUT2D eigenvalue weighted by atomic mass is 35.5. The van der Waals surface area contributed by atoms with Crippen LogP contribution in [0.3, 0.4) is 0 Å². The number of hydrogen-bond donors (Lipinski definition) is 2. The smallest absolute Gasteiger partial charge is 0.347 e. The molecule has 0 saturated carbocycles. The number of hydrogen-bond acceptors (Lipinski definition) is 6. The van der Waals surface area contributed by atoms with Crippen LogP contribution in [0.25, 0.3) is 22.0 Å². The molecule has 0 radical (unpaired) electrons. The molecule has 5 aromatic rings. The van der Waals surface area contributed by atoms with Crippen molar-refractivity contribution in [1.29, 1.82) is 0 Å². The molecule has 212 valence electrons. The van der Waals surface area contributed by atoms with Gasteiger partial charge in [0.1, 0.15) is 17.0 Å². The minimum atomic E-state index is -0.656. The second-order valence-corrected chi connectivity index (χ2v) is 9.82. The number of amides is 1. The second-order valence-electron chi connectivity index (χ2n) is 8.98. The monoisotopic (exact) mass is 601 g/mol. The normalized spacial score (nSPS) is 11.0. The molecule has 0 aliphatic heterocycles. The quantitative estimate of drug-likeness (QED) is 0.0786. The zero-order valence-electron chi connectivity index (χ0n) is 22.6. The van der Waals surface area contributed by atoms with Crippen LogP contribution in [0.4, 0.5) is 0 Å². The lowest BCUT2D eigenvalue weighted by Crippen LogP contribution is -2.18. The average molecular weight is 602 g/mol. The summed E-state index contributed by atoms with van der Waals surface area (Å²) in [5, 5.41) is 5.84. The first-order valence-electron chi connectivity index (χ1n) is 12.9. The van der Waals surface area contributed by atoms with Crippen molar-refractivity contribution >= 4 is 52.2 Å². The van der Waals surface area contributed by atoms with Crippen molar-refractivity contribution in [3.63, 3.8) is 0 Å². The van der Waals surface area contributed by atoms with Crippen molar-refractivity contribution in [1.82, 2.24) is 10.4 Å². The highest BCUT2D eigenvalue weighted by Gasteiger charge is 2.21. The number of aromatic amines is 1. The number of para-hydroxylation sites is 1. The number of ether oxygens (including phenoxy) is 3. The molecule has 0 aliphatic rings. The molecule has 0 fully saturated rings. The summed E-state index contributed by atoms with van der Waals surface area (Å²) in [6, 6.07) is 24.7. The first kappa shape index (κ1) is 28.7. The van der Waals surface area contributed by atoms with Crippen molar-refractivity contribution in [3.05, 3.63) is 112 Å². The van der Waals surface area contributed by atoms with Crippen LogP contribution < -0.4 is 19.6 Å². The van der Waals surface area contributed by atoms with Gasteiger partial charge in [0.2, 0.25) is 0 Å². The number of H-pyrrole nitrogens is 1. The number of benzene rings is 4. The Balaban J connectivity index is 1.37. The van der Waals surface area contributed by atoms with E-state index in [1.807, 2.05) is 49.4 Å². The molecule has 0 atom stereocenters. The molecule has 4 aromatic carbocycles. The first-order valence-corrected chi connectivity index (χ1v) is 13.7. The molecule has 5 rings (SSSR count). The van der Waals surface area contributed by atoms with Crippen LogP contribution >= 0.6 is 23.2 Å². The van der Waals surface area contributed by atoms with Crippen molar-refractivity contribution in [2.45, 2.75) is 6.92 Å². The number of hydrazone groups is 1. The van der Waals surface area contributed by atoms with E-state index in [1.165, 1.54) is 19.4 Å². The Morgan fingerprint density at radius 2 is 1.71 bits per heavy atom. The summed E-state index contributed by atoms with van der Waals surface area (Å²) >= 11 is 12.5. The summed E-state index contributed by atoms with van der Waals surface area (Å²) in [4.78, 5) is 29.3. The molecule has 2 N–H and O–H groups in total. The van der Waals surface area contributed by atoms with Crippen LogP contribution in [-0.4, -0.2) is 36.8 Å². The molecule has 0 spiro atoms. The fourth-order valence-corrected chi connectivity index (χ4v) is 4.82. The second kappa shape index (κ2) is 12.8. The predicted octanol–water partition coefficient (Wildman–Crippen LogP) is 7.53. The van der Waals surface area contributed by atoms with E-state index < -0.39 is 11.9 Å². The Morgan fingerprint density at radius 3 is 2.48 bits per heavy atom. The van der Waals surface area contributed by atoms with Crippen molar-refractivity contribution in [3.8, 4) is 28.4 Å². The number of nitrogens with zero attached hydrogens (tertiary/aromatic N) is 1. The highest BCUT2D eigenvalue weighted by molar-refractivity contribution is 6.36. The Labute approximate surface area is 251 Å². The molecule has 0 aliphatic carbocycles. The lowest BCUT2D eigenvalue weighted by Gasteiger charge is -2.13. The molecule has 0 unspecified atom stereocenters. The van der Waals surface area contributed by atoms with E-state index in [1.54, 1.807) is 36.4 Å². The summed E-state index contributed by atoms with van der Waals surface area (Å²) < 4.78 is 16.6. The highest BCUT2D eigenvalue weighted by Crippen LogP contribution is 2.35. The number of nitrogens with one attached hydrogen (secondary N) is 2. The van der Waals surface area contributed by atoms with Crippen LogP contribution in [0.5, 0.6) is 17.2 Å². The van der Waals surface area contributed by atoms with Gasteiger partial charge in [-0.05, 0) is 60.5 Å². The van der Waals surface area contributed by atoms with Gasteiger partial charge in [-0.3, -0.25) is 4.79 Å². The fourth-order valence-electron chi connectivity index (χ4n) is 4.43. The Bertz CT molecular complexity index is 1800. The van der Waals surface area contributed by atoms with E-state index in [0.717, 1.165) is 16.5 Å². The van der Waals surface area contributed by atoms with Gasteiger partial charge in [-0.15, -0.1) is 0 Å². The van der Waals surface area contributed by atoms with Crippen LogP contribution in [-0.2, 0) is 0 Å². The molecule has 1 amide bonds. The molecule has 1 heterocycles. The number of fused-ring (bicyclic) bond motifs is 1. The van der Waals surface area contributed by atoms with Crippen LogP contribution in [0.15, 0.2) is 90.0 Å². The summed E-state index contributed by atoms with van der Waals surface area (Å²) in [5.41, 5.74) is 5.93. The predicted molar refractivity (Wildman–Crippen MR) is 164 cm³/mol. The molecule has 10 heteroatoms. The Kier molecular flexibility index (Phi) is 8.76. The van der Waals surface area contributed by atoms with Crippen LogP contribution in [0, 0.1) is 0 Å².